The van der Waals surface area contributed by atoms with Crippen molar-refractivity contribution in [2.45, 2.75) is 0 Å². The van der Waals surface area contributed by atoms with Gasteiger partial charge in [-0.1, -0.05) is 12.1 Å². The number of nitrogens with zero attached hydrogens (tertiary/aromatic N) is 1. The van der Waals surface area contributed by atoms with E-state index >= 15 is 0 Å². The predicted octanol–water partition coefficient (Wildman–Crippen LogP) is 2.23. The first-order valence-electron chi connectivity index (χ1n) is 7.15. The maximum absolute atomic E-state index is 12.7. The molecule has 0 aromatic heterocycles. The average molecular weight is 363 g/mol. The molecule has 3 N–H and O–H groups in total. The first-order valence-corrected chi connectivity index (χ1v) is 8.21. The van der Waals surface area contributed by atoms with Crippen molar-refractivity contribution in [3.05, 3.63) is 54.1 Å². The Morgan fingerprint density at radius 2 is 1.76 bits per heavy atom. The molecule has 0 bridgehead atoms. The van der Waals surface area contributed by atoms with Crippen molar-refractivity contribution in [1.29, 1.82) is 0 Å². The number of ether oxygens (including phenoxy) is 1. The standard InChI is InChI=1S/C16H17N3O5S/c1-17-16(21)18-11-7-9-12(10-8-11)19(25(22)23)15(20)13-5-3-4-6-14(13)24-2/h3-10H,1-2H3,(H,22,23)(H2,17,18,21). The molecular formula is C16H17N3O5S. The minimum absolute atomic E-state index is 0.153. The Kier molecular flexibility index (Phi) is 6.09. The highest BCUT2D eigenvalue weighted by Crippen LogP contribution is 2.25. The van der Waals surface area contributed by atoms with Crippen LogP contribution in [0.3, 0.4) is 0 Å². The molecule has 0 heterocycles. The Bertz CT molecular complexity index is 795. The van der Waals surface area contributed by atoms with Crippen LogP contribution in [0.25, 0.3) is 0 Å². The Balaban J connectivity index is 2.33. The van der Waals surface area contributed by atoms with Gasteiger partial charge in [-0.3, -0.25) is 9.35 Å². The molecular weight excluding hydrogens is 346 g/mol. The number of para-hydroxylation sites is 1. The van der Waals surface area contributed by atoms with Gasteiger partial charge in [0.15, 0.2) is 0 Å². The van der Waals surface area contributed by atoms with E-state index in [9.17, 15) is 18.4 Å². The van der Waals surface area contributed by atoms with Gasteiger partial charge in [0, 0.05) is 12.7 Å². The molecule has 9 heteroatoms. The van der Waals surface area contributed by atoms with E-state index in [0.717, 1.165) is 4.31 Å². The molecule has 2 rings (SSSR count). The Labute approximate surface area is 147 Å². The van der Waals surface area contributed by atoms with E-state index in [4.69, 9.17) is 4.74 Å². The lowest BCUT2D eigenvalue weighted by molar-refractivity contribution is 0.100. The predicted molar refractivity (Wildman–Crippen MR) is 95.1 cm³/mol. The van der Waals surface area contributed by atoms with Crippen molar-refractivity contribution in [1.82, 2.24) is 5.32 Å². The lowest BCUT2D eigenvalue weighted by atomic mass is 10.2. The van der Waals surface area contributed by atoms with E-state index in [1.807, 2.05) is 0 Å². The summed E-state index contributed by atoms with van der Waals surface area (Å²) in [6, 6.07) is 11.9. The number of methoxy groups -OCH3 is 1. The van der Waals surface area contributed by atoms with E-state index in [1.54, 1.807) is 18.2 Å². The molecule has 8 nitrogen and oxygen atoms in total. The smallest absolute Gasteiger partial charge is 0.318 e. The third kappa shape index (κ3) is 4.34. The molecule has 1 unspecified atom stereocenters. The van der Waals surface area contributed by atoms with Gasteiger partial charge in [0.2, 0.25) is 0 Å². The molecule has 2 aromatic carbocycles. The zero-order chi connectivity index (χ0) is 18.4. The van der Waals surface area contributed by atoms with E-state index in [1.165, 1.54) is 44.5 Å². The number of urea groups is 1. The quantitative estimate of drug-likeness (QED) is 0.706. The number of hydrogen-bond acceptors (Lipinski definition) is 4. The largest absolute Gasteiger partial charge is 0.496 e. The van der Waals surface area contributed by atoms with Crippen LogP contribution >= 0.6 is 0 Å². The normalized spacial score (nSPS) is 11.3. The molecule has 3 amide bonds. The van der Waals surface area contributed by atoms with Crippen molar-refractivity contribution >= 4 is 34.6 Å². The van der Waals surface area contributed by atoms with Crippen molar-refractivity contribution in [3.8, 4) is 5.75 Å². The number of amides is 3. The van der Waals surface area contributed by atoms with Crippen molar-refractivity contribution in [3.63, 3.8) is 0 Å². The van der Waals surface area contributed by atoms with Gasteiger partial charge < -0.3 is 15.4 Å². The van der Waals surface area contributed by atoms with Crippen molar-refractivity contribution in [2.24, 2.45) is 0 Å². The lowest BCUT2D eigenvalue weighted by Gasteiger charge is -2.19. The second-order valence-corrected chi connectivity index (χ2v) is 5.61. The van der Waals surface area contributed by atoms with E-state index in [0.29, 0.717) is 11.4 Å². The van der Waals surface area contributed by atoms with Crippen molar-refractivity contribution < 1.29 is 23.1 Å². The molecule has 0 aliphatic heterocycles. The van der Waals surface area contributed by atoms with Crippen molar-refractivity contribution in [2.75, 3.05) is 23.8 Å². The topological polar surface area (TPSA) is 108 Å². The molecule has 132 valence electrons. The summed E-state index contributed by atoms with van der Waals surface area (Å²) >= 11 is -2.59. The highest BCUT2D eigenvalue weighted by molar-refractivity contribution is 7.81. The van der Waals surface area contributed by atoms with Gasteiger partial charge >= 0.3 is 6.03 Å². The summed E-state index contributed by atoms with van der Waals surface area (Å²) in [5.74, 6) is -0.397. The van der Waals surface area contributed by atoms with E-state index in [2.05, 4.69) is 10.6 Å². The summed E-state index contributed by atoms with van der Waals surface area (Å²) in [7, 11) is 2.89. The van der Waals surface area contributed by atoms with E-state index < -0.39 is 23.2 Å². The fourth-order valence-electron chi connectivity index (χ4n) is 2.08. The zero-order valence-corrected chi connectivity index (χ0v) is 14.4. The number of carbonyl (C=O) groups is 2. The fourth-order valence-corrected chi connectivity index (χ4v) is 2.63. The molecule has 0 saturated heterocycles. The summed E-state index contributed by atoms with van der Waals surface area (Å²) < 4.78 is 27.1. The highest BCUT2D eigenvalue weighted by atomic mass is 32.2. The number of anilines is 2. The first kappa shape index (κ1) is 18.4. The maximum Gasteiger partial charge on any atom is 0.318 e. The Morgan fingerprint density at radius 1 is 1.12 bits per heavy atom. The number of benzene rings is 2. The van der Waals surface area contributed by atoms with Crippen LogP contribution in [0.1, 0.15) is 10.4 Å². The van der Waals surface area contributed by atoms with Gasteiger partial charge in [-0.2, -0.15) is 0 Å². The molecule has 0 saturated carbocycles. The summed E-state index contributed by atoms with van der Waals surface area (Å²) in [6.07, 6.45) is 0. The Morgan fingerprint density at radius 3 is 2.32 bits per heavy atom. The minimum Gasteiger partial charge on any atom is -0.496 e. The molecule has 25 heavy (non-hydrogen) atoms. The van der Waals surface area contributed by atoms with Crippen LogP contribution in [0, 0.1) is 0 Å². The fraction of sp³-hybridized carbons (Fsp3) is 0.125. The maximum atomic E-state index is 12.7. The second-order valence-electron chi connectivity index (χ2n) is 4.78. The minimum atomic E-state index is -2.59. The van der Waals surface area contributed by atoms with E-state index in [-0.39, 0.29) is 11.3 Å². The summed E-state index contributed by atoms with van der Waals surface area (Å²) in [5.41, 5.74) is 0.815. The molecule has 0 spiro atoms. The van der Waals surface area contributed by atoms with Crippen LogP contribution in [0.2, 0.25) is 0 Å². The van der Waals surface area contributed by atoms with Crippen LogP contribution in [0.4, 0.5) is 16.2 Å². The zero-order valence-electron chi connectivity index (χ0n) is 13.6. The summed E-state index contributed by atoms with van der Waals surface area (Å²) in [4.78, 5) is 24.0. The van der Waals surface area contributed by atoms with Gasteiger partial charge in [-0.25, -0.2) is 13.3 Å². The summed E-state index contributed by atoms with van der Waals surface area (Å²) in [5, 5.41) is 4.96. The number of nitrogens with one attached hydrogen (secondary N) is 2. The number of hydrogen-bond donors (Lipinski definition) is 3. The lowest BCUT2D eigenvalue weighted by Crippen LogP contribution is -2.32. The van der Waals surface area contributed by atoms with Crippen LogP contribution in [0.15, 0.2) is 48.5 Å². The van der Waals surface area contributed by atoms with Gasteiger partial charge in [0.1, 0.15) is 5.75 Å². The SMILES string of the molecule is CNC(=O)Nc1ccc(N(C(=O)c2ccccc2OC)S(=O)O)cc1. The van der Waals surface area contributed by atoms with Gasteiger partial charge in [-0.05, 0) is 36.4 Å². The van der Waals surface area contributed by atoms with Crippen LogP contribution < -0.4 is 19.7 Å². The van der Waals surface area contributed by atoms with Gasteiger partial charge in [-0.15, -0.1) is 0 Å². The molecule has 0 fully saturated rings. The second kappa shape index (κ2) is 8.27. The average Bonchev–Trinajstić information content (AvgIpc) is 2.62. The van der Waals surface area contributed by atoms with Crippen LogP contribution in [0.5, 0.6) is 5.75 Å². The molecule has 0 aliphatic carbocycles. The molecule has 0 radical (unpaired) electrons. The highest BCUT2D eigenvalue weighted by Gasteiger charge is 2.25. The molecule has 2 aromatic rings. The molecule has 0 aliphatic rings. The monoisotopic (exact) mass is 363 g/mol. The third-order valence-corrected chi connectivity index (χ3v) is 3.95. The Hall–Kier alpha value is -2.91. The third-order valence-electron chi connectivity index (χ3n) is 3.26. The van der Waals surface area contributed by atoms with Crippen LogP contribution in [-0.4, -0.2) is 34.9 Å². The van der Waals surface area contributed by atoms with Gasteiger partial charge in [0.25, 0.3) is 17.2 Å². The number of carbonyl (C=O) groups excluding carboxylic acids is 2. The van der Waals surface area contributed by atoms with Crippen LogP contribution in [-0.2, 0) is 11.3 Å². The summed E-state index contributed by atoms with van der Waals surface area (Å²) in [6.45, 7) is 0. The molecule has 1 atom stereocenters. The number of rotatable bonds is 5. The first-order chi connectivity index (χ1) is 12.0. The van der Waals surface area contributed by atoms with Gasteiger partial charge in [0.05, 0.1) is 18.4 Å².